The summed E-state index contributed by atoms with van der Waals surface area (Å²) in [4.78, 5) is 19.1. The van der Waals surface area contributed by atoms with Crippen LogP contribution in [0.3, 0.4) is 0 Å². The first-order chi connectivity index (χ1) is 14.8. The summed E-state index contributed by atoms with van der Waals surface area (Å²) in [5.41, 5.74) is 4.66. The van der Waals surface area contributed by atoms with Crippen molar-refractivity contribution in [2.45, 2.75) is 33.6 Å². The lowest BCUT2D eigenvalue weighted by atomic mass is 9.93. The Morgan fingerprint density at radius 1 is 1.06 bits per heavy atom. The lowest BCUT2D eigenvalue weighted by Gasteiger charge is -2.29. The molecule has 0 N–H and O–H groups in total. The van der Waals surface area contributed by atoms with E-state index in [0.29, 0.717) is 18.1 Å². The first kappa shape index (κ1) is 21.0. The number of carbonyl (C=O) groups is 1. The second-order valence-corrected chi connectivity index (χ2v) is 7.96. The SMILES string of the molecule is CC1=C(c2ccc(CC(=O)c3c(F)cccc3F)cc2)CN(c2nc(C)c(C)o2)CC1. The van der Waals surface area contributed by atoms with Gasteiger partial charge >= 0.3 is 0 Å². The topological polar surface area (TPSA) is 46.3 Å². The number of benzene rings is 2. The first-order valence-corrected chi connectivity index (χ1v) is 10.3. The van der Waals surface area contributed by atoms with Gasteiger partial charge in [0.2, 0.25) is 0 Å². The van der Waals surface area contributed by atoms with Crippen LogP contribution in [-0.2, 0) is 6.42 Å². The van der Waals surface area contributed by atoms with Gasteiger partial charge in [0.15, 0.2) is 5.78 Å². The van der Waals surface area contributed by atoms with E-state index < -0.39 is 23.0 Å². The maximum atomic E-state index is 13.9. The fourth-order valence-corrected chi connectivity index (χ4v) is 3.81. The molecule has 31 heavy (non-hydrogen) atoms. The fraction of sp³-hybridized carbons (Fsp3) is 0.280. The third-order valence-electron chi connectivity index (χ3n) is 5.82. The fourth-order valence-electron chi connectivity index (χ4n) is 3.81. The zero-order valence-electron chi connectivity index (χ0n) is 17.8. The van der Waals surface area contributed by atoms with Crippen LogP contribution in [-0.4, -0.2) is 23.9 Å². The number of aryl methyl sites for hydroxylation is 2. The van der Waals surface area contributed by atoms with Crippen molar-refractivity contribution in [3.8, 4) is 0 Å². The third kappa shape index (κ3) is 4.29. The molecular formula is C25H24F2N2O2. The summed E-state index contributed by atoms with van der Waals surface area (Å²) in [6, 6.07) is 11.7. The Labute approximate surface area is 180 Å². The van der Waals surface area contributed by atoms with E-state index in [4.69, 9.17) is 4.42 Å². The highest BCUT2D eigenvalue weighted by molar-refractivity contribution is 5.98. The van der Waals surface area contributed by atoms with E-state index in [9.17, 15) is 13.6 Å². The Morgan fingerprint density at radius 3 is 2.35 bits per heavy atom. The largest absolute Gasteiger partial charge is 0.429 e. The van der Waals surface area contributed by atoms with E-state index in [1.54, 1.807) is 0 Å². The molecule has 0 atom stereocenters. The highest BCUT2D eigenvalue weighted by atomic mass is 19.1. The summed E-state index contributed by atoms with van der Waals surface area (Å²) in [5.74, 6) is -1.41. The first-order valence-electron chi connectivity index (χ1n) is 10.3. The summed E-state index contributed by atoms with van der Waals surface area (Å²) >= 11 is 0. The molecule has 3 aromatic rings. The zero-order valence-corrected chi connectivity index (χ0v) is 17.8. The summed E-state index contributed by atoms with van der Waals surface area (Å²) in [5, 5.41) is 0. The number of nitrogens with zero attached hydrogens (tertiary/aromatic N) is 2. The monoisotopic (exact) mass is 422 g/mol. The van der Waals surface area contributed by atoms with Crippen LogP contribution in [0.4, 0.5) is 14.8 Å². The molecule has 4 nitrogen and oxygen atoms in total. The molecule has 0 saturated carbocycles. The molecule has 0 bridgehead atoms. The number of hydrogen-bond donors (Lipinski definition) is 0. The van der Waals surface area contributed by atoms with Gasteiger partial charge in [0.1, 0.15) is 17.4 Å². The second-order valence-electron chi connectivity index (χ2n) is 7.96. The van der Waals surface area contributed by atoms with Crippen molar-refractivity contribution in [1.29, 1.82) is 0 Å². The number of hydrogen-bond acceptors (Lipinski definition) is 4. The summed E-state index contributed by atoms with van der Waals surface area (Å²) in [7, 11) is 0. The van der Waals surface area contributed by atoms with E-state index in [1.165, 1.54) is 17.2 Å². The van der Waals surface area contributed by atoms with Crippen LogP contribution < -0.4 is 4.90 Å². The average molecular weight is 422 g/mol. The van der Waals surface area contributed by atoms with Crippen LogP contribution in [0.2, 0.25) is 0 Å². The minimum absolute atomic E-state index is 0.0584. The molecular weight excluding hydrogens is 398 g/mol. The van der Waals surface area contributed by atoms with Crippen molar-refractivity contribution in [3.63, 3.8) is 0 Å². The lowest BCUT2D eigenvalue weighted by Crippen LogP contribution is -2.31. The number of anilines is 1. The number of oxazole rings is 1. The Hall–Kier alpha value is -3.28. The van der Waals surface area contributed by atoms with Gasteiger partial charge in [-0.1, -0.05) is 35.9 Å². The minimum Gasteiger partial charge on any atom is -0.429 e. The van der Waals surface area contributed by atoms with Crippen molar-refractivity contribution in [3.05, 3.63) is 87.8 Å². The van der Waals surface area contributed by atoms with E-state index in [2.05, 4.69) is 16.8 Å². The molecule has 0 fully saturated rings. The quantitative estimate of drug-likeness (QED) is 0.497. The Bertz CT molecular complexity index is 1120. The predicted molar refractivity (Wildman–Crippen MR) is 116 cm³/mol. The molecule has 6 heteroatoms. The van der Waals surface area contributed by atoms with Gasteiger partial charge in [0.05, 0.1) is 11.3 Å². The van der Waals surface area contributed by atoms with Crippen LogP contribution >= 0.6 is 0 Å². The van der Waals surface area contributed by atoms with Gasteiger partial charge < -0.3 is 9.32 Å². The lowest BCUT2D eigenvalue weighted by molar-refractivity contribution is 0.0985. The molecule has 2 aromatic carbocycles. The third-order valence-corrected chi connectivity index (χ3v) is 5.82. The highest BCUT2D eigenvalue weighted by Gasteiger charge is 2.22. The Balaban J connectivity index is 1.51. The molecule has 1 aliphatic rings. The number of Topliss-reactive ketones (excluding diaryl/α,β-unsaturated/α-hetero) is 1. The predicted octanol–water partition coefficient (Wildman–Crippen LogP) is 5.68. The van der Waals surface area contributed by atoms with E-state index in [-0.39, 0.29) is 6.42 Å². The van der Waals surface area contributed by atoms with Gasteiger partial charge in [-0.25, -0.2) is 8.78 Å². The van der Waals surface area contributed by atoms with Crippen molar-refractivity contribution in [1.82, 2.24) is 4.98 Å². The molecule has 1 aromatic heterocycles. The second kappa shape index (κ2) is 8.46. The van der Waals surface area contributed by atoms with Crippen LogP contribution in [0, 0.1) is 25.5 Å². The van der Waals surface area contributed by atoms with Crippen LogP contribution in [0.1, 0.15) is 46.3 Å². The van der Waals surface area contributed by atoms with Gasteiger partial charge in [0, 0.05) is 19.5 Å². The molecule has 0 unspecified atom stereocenters. The van der Waals surface area contributed by atoms with Crippen molar-refractivity contribution in [2.24, 2.45) is 0 Å². The summed E-state index contributed by atoms with van der Waals surface area (Å²) in [6.45, 7) is 7.49. The van der Waals surface area contributed by atoms with Gasteiger partial charge in [0.25, 0.3) is 6.01 Å². The van der Waals surface area contributed by atoms with Crippen LogP contribution in [0.5, 0.6) is 0 Å². The number of carbonyl (C=O) groups excluding carboxylic acids is 1. The smallest absolute Gasteiger partial charge is 0.297 e. The number of halogens is 2. The normalized spacial score (nSPS) is 14.3. The van der Waals surface area contributed by atoms with Crippen molar-refractivity contribution >= 4 is 17.4 Å². The summed E-state index contributed by atoms with van der Waals surface area (Å²) < 4.78 is 33.5. The van der Waals surface area contributed by atoms with E-state index >= 15 is 0 Å². The maximum Gasteiger partial charge on any atom is 0.297 e. The molecule has 0 aliphatic carbocycles. The van der Waals surface area contributed by atoms with Gasteiger partial charge in [-0.2, -0.15) is 4.98 Å². The van der Waals surface area contributed by atoms with Crippen molar-refractivity contribution in [2.75, 3.05) is 18.0 Å². The van der Waals surface area contributed by atoms with E-state index in [0.717, 1.165) is 42.1 Å². The summed E-state index contributed by atoms with van der Waals surface area (Å²) in [6.07, 6.45) is 0.847. The molecule has 1 aliphatic heterocycles. The van der Waals surface area contributed by atoms with Crippen LogP contribution in [0.25, 0.3) is 5.57 Å². The zero-order chi connectivity index (χ0) is 22.1. The van der Waals surface area contributed by atoms with E-state index in [1.807, 2.05) is 38.1 Å². The standard InChI is InChI=1S/C25H24F2N2O2/c1-15-11-12-29(25-28-16(2)17(3)31-25)14-20(15)19-9-7-18(8-10-19)13-23(30)24-21(26)5-4-6-22(24)27/h4-10H,11-14H2,1-3H3. The molecule has 2 heterocycles. The van der Waals surface area contributed by atoms with Crippen molar-refractivity contribution < 1.29 is 18.0 Å². The van der Waals surface area contributed by atoms with Crippen LogP contribution in [0.15, 0.2) is 52.5 Å². The Kier molecular flexibility index (Phi) is 5.72. The molecule has 0 spiro atoms. The Morgan fingerprint density at radius 2 is 1.74 bits per heavy atom. The van der Waals surface area contributed by atoms with Gasteiger partial charge in [-0.15, -0.1) is 0 Å². The molecule has 0 radical (unpaired) electrons. The molecule has 4 rings (SSSR count). The molecule has 0 amide bonds. The average Bonchev–Trinajstić information content (AvgIpc) is 3.07. The molecule has 160 valence electrons. The minimum atomic E-state index is -0.832. The van der Waals surface area contributed by atoms with Gasteiger partial charge in [-0.3, -0.25) is 4.79 Å². The number of ketones is 1. The molecule has 0 saturated heterocycles. The number of rotatable bonds is 5. The highest BCUT2D eigenvalue weighted by Crippen LogP contribution is 2.30. The maximum absolute atomic E-state index is 13.9. The number of aromatic nitrogens is 1. The van der Waals surface area contributed by atoms with Gasteiger partial charge in [-0.05, 0) is 56.0 Å².